The van der Waals surface area contributed by atoms with Crippen LogP contribution in [0.1, 0.15) is 28.9 Å². The smallest absolute Gasteiger partial charge is 0.268 e. The highest BCUT2D eigenvalue weighted by molar-refractivity contribution is 6.31. The van der Waals surface area contributed by atoms with Crippen LogP contribution in [0.3, 0.4) is 0 Å². The van der Waals surface area contributed by atoms with E-state index in [4.69, 9.17) is 11.6 Å². The van der Waals surface area contributed by atoms with E-state index in [1.54, 1.807) is 6.20 Å². The van der Waals surface area contributed by atoms with Crippen LogP contribution in [0.5, 0.6) is 0 Å². The standard InChI is InChI=1S/C18H16ClN3O/c1-11-4-7-14(10-15(11)19)22-16(18(23)21-13-5-6-13)9-12-3-2-8-20-17(12)22/h2-4,7-10,13H,5-6H2,1H3,(H,21,23). The van der Waals surface area contributed by atoms with Crippen LogP contribution in [0.4, 0.5) is 0 Å². The molecule has 0 spiro atoms. The molecule has 0 aliphatic heterocycles. The Morgan fingerprint density at radius 2 is 2.13 bits per heavy atom. The molecule has 4 nitrogen and oxygen atoms in total. The first-order chi connectivity index (χ1) is 11.1. The highest BCUT2D eigenvalue weighted by Gasteiger charge is 2.26. The van der Waals surface area contributed by atoms with Crippen molar-refractivity contribution in [3.63, 3.8) is 0 Å². The van der Waals surface area contributed by atoms with E-state index >= 15 is 0 Å². The number of aryl methyl sites for hydroxylation is 1. The number of carbonyl (C=O) groups excluding carboxylic acids is 1. The number of hydrogen-bond donors (Lipinski definition) is 1. The van der Waals surface area contributed by atoms with Gasteiger partial charge in [-0.15, -0.1) is 0 Å². The maximum Gasteiger partial charge on any atom is 0.268 e. The molecular formula is C18H16ClN3O. The third-order valence-electron chi connectivity index (χ3n) is 4.12. The number of hydrogen-bond acceptors (Lipinski definition) is 2. The Kier molecular flexibility index (Phi) is 3.34. The fourth-order valence-corrected chi connectivity index (χ4v) is 2.85. The molecule has 1 amide bonds. The predicted octanol–water partition coefficient (Wildman–Crippen LogP) is 3.88. The topological polar surface area (TPSA) is 46.9 Å². The number of nitrogens with zero attached hydrogens (tertiary/aromatic N) is 2. The Morgan fingerprint density at radius 1 is 1.30 bits per heavy atom. The molecule has 1 saturated carbocycles. The molecule has 5 heteroatoms. The van der Waals surface area contributed by atoms with Gasteiger partial charge in [-0.05, 0) is 55.7 Å². The van der Waals surface area contributed by atoms with Crippen molar-refractivity contribution in [3.8, 4) is 5.69 Å². The monoisotopic (exact) mass is 325 g/mol. The summed E-state index contributed by atoms with van der Waals surface area (Å²) in [5.74, 6) is -0.0674. The number of nitrogens with one attached hydrogen (secondary N) is 1. The molecule has 2 heterocycles. The quantitative estimate of drug-likeness (QED) is 0.794. The van der Waals surface area contributed by atoms with Crippen molar-refractivity contribution in [1.82, 2.24) is 14.9 Å². The summed E-state index contributed by atoms with van der Waals surface area (Å²) in [5.41, 5.74) is 3.19. The lowest BCUT2D eigenvalue weighted by Gasteiger charge is -2.11. The van der Waals surface area contributed by atoms with E-state index in [2.05, 4.69) is 10.3 Å². The Hall–Kier alpha value is -2.33. The second-order valence-electron chi connectivity index (χ2n) is 5.96. The Balaban J connectivity index is 1.91. The molecule has 0 bridgehead atoms. The summed E-state index contributed by atoms with van der Waals surface area (Å²) in [6, 6.07) is 11.8. The summed E-state index contributed by atoms with van der Waals surface area (Å²) < 4.78 is 1.87. The van der Waals surface area contributed by atoms with E-state index < -0.39 is 0 Å². The number of aromatic nitrogens is 2. The molecular weight excluding hydrogens is 310 g/mol. The molecule has 0 radical (unpaired) electrons. The normalized spacial score (nSPS) is 14.2. The molecule has 0 saturated heterocycles. The van der Waals surface area contributed by atoms with Crippen LogP contribution in [-0.2, 0) is 0 Å². The van der Waals surface area contributed by atoms with Gasteiger partial charge in [-0.2, -0.15) is 0 Å². The van der Waals surface area contributed by atoms with Gasteiger partial charge in [0.05, 0.1) is 0 Å². The summed E-state index contributed by atoms with van der Waals surface area (Å²) in [6.07, 6.45) is 3.85. The molecule has 1 aromatic carbocycles. The van der Waals surface area contributed by atoms with E-state index in [0.29, 0.717) is 16.8 Å². The minimum Gasteiger partial charge on any atom is -0.348 e. The second kappa shape index (κ2) is 5.39. The van der Waals surface area contributed by atoms with Gasteiger partial charge >= 0.3 is 0 Å². The van der Waals surface area contributed by atoms with Gasteiger partial charge in [0.2, 0.25) is 0 Å². The third kappa shape index (κ3) is 2.59. The lowest BCUT2D eigenvalue weighted by molar-refractivity contribution is 0.0944. The lowest BCUT2D eigenvalue weighted by atomic mass is 10.2. The molecule has 1 aliphatic carbocycles. The molecule has 1 aliphatic rings. The van der Waals surface area contributed by atoms with Gasteiger partial charge in [0, 0.05) is 28.3 Å². The van der Waals surface area contributed by atoms with E-state index in [0.717, 1.165) is 35.1 Å². The van der Waals surface area contributed by atoms with Crippen LogP contribution in [-0.4, -0.2) is 21.5 Å². The van der Waals surface area contributed by atoms with Gasteiger partial charge in [-0.25, -0.2) is 4.98 Å². The predicted molar refractivity (Wildman–Crippen MR) is 91.3 cm³/mol. The van der Waals surface area contributed by atoms with E-state index in [1.807, 2.05) is 47.9 Å². The van der Waals surface area contributed by atoms with Gasteiger partial charge in [-0.1, -0.05) is 17.7 Å². The number of fused-ring (bicyclic) bond motifs is 1. The van der Waals surface area contributed by atoms with Gasteiger partial charge in [0.15, 0.2) is 0 Å². The zero-order valence-corrected chi connectivity index (χ0v) is 13.5. The SMILES string of the molecule is Cc1ccc(-n2c(C(=O)NC3CC3)cc3cccnc32)cc1Cl. The van der Waals surface area contributed by atoms with E-state index in [9.17, 15) is 4.79 Å². The molecule has 23 heavy (non-hydrogen) atoms. The molecule has 3 aromatic rings. The average molecular weight is 326 g/mol. The van der Waals surface area contributed by atoms with Gasteiger partial charge in [-0.3, -0.25) is 9.36 Å². The van der Waals surface area contributed by atoms with Crippen molar-refractivity contribution in [2.24, 2.45) is 0 Å². The third-order valence-corrected chi connectivity index (χ3v) is 4.53. The summed E-state index contributed by atoms with van der Waals surface area (Å²) in [7, 11) is 0. The zero-order chi connectivity index (χ0) is 16.0. The van der Waals surface area contributed by atoms with Crippen molar-refractivity contribution in [1.29, 1.82) is 0 Å². The average Bonchev–Trinajstić information content (AvgIpc) is 3.27. The van der Waals surface area contributed by atoms with Gasteiger partial charge in [0.1, 0.15) is 11.3 Å². The van der Waals surface area contributed by atoms with Crippen LogP contribution < -0.4 is 5.32 Å². The van der Waals surface area contributed by atoms with Crippen molar-refractivity contribution in [2.45, 2.75) is 25.8 Å². The van der Waals surface area contributed by atoms with Crippen LogP contribution in [0.15, 0.2) is 42.6 Å². The number of rotatable bonds is 3. The highest BCUT2D eigenvalue weighted by Crippen LogP contribution is 2.27. The number of carbonyl (C=O) groups is 1. The number of halogens is 1. The number of amides is 1. The summed E-state index contributed by atoms with van der Waals surface area (Å²) in [4.78, 5) is 17.1. The van der Waals surface area contributed by atoms with Crippen molar-refractivity contribution in [3.05, 3.63) is 58.9 Å². The molecule has 4 rings (SSSR count). The molecule has 1 fully saturated rings. The summed E-state index contributed by atoms with van der Waals surface area (Å²) in [5, 5.41) is 4.66. The first-order valence-electron chi connectivity index (χ1n) is 7.67. The second-order valence-corrected chi connectivity index (χ2v) is 6.37. The van der Waals surface area contributed by atoms with Crippen molar-refractivity contribution >= 4 is 28.5 Å². The minimum atomic E-state index is -0.0674. The van der Waals surface area contributed by atoms with Crippen LogP contribution in [0, 0.1) is 6.92 Å². The van der Waals surface area contributed by atoms with Crippen LogP contribution in [0.2, 0.25) is 5.02 Å². The first kappa shape index (κ1) is 14.3. The Labute approximate surface area is 139 Å². The zero-order valence-electron chi connectivity index (χ0n) is 12.7. The number of benzene rings is 1. The molecule has 0 atom stereocenters. The van der Waals surface area contributed by atoms with E-state index in [-0.39, 0.29) is 5.91 Å². The maximum absolute atomic E-state index is 12.6. The van der Waals surface area contributed by atoms with Crippen LogP contribution >= 0.6 is 11.6 Å². The summed E-state index contributed by atoms with van der Waals surface area (Å²) in [6.45, 7) is 1.96. The van der Waals surface area contributed by atoms with E-state index in [1.165, 1.54) is 0 Å². The van der Waals surface area contributed by atoms with Crippen LogP contribution in [0.25, 0.3) is 16.7 Å². The fourth-order valence-electron chi connectivity index (χ4n) is 2.67. The van der Waals surface area contributed by atoms with Crippen molar-refractivity contribution in [2.75, 3.05) is 0 Å². The van der Waals surface area contributed by atoms with Crippen molar-refractivity contribution < 1.29 is 4.79 Å². The minimum absolute atomic E-state index is 0.0674. The maximum atomic E-state index is 12.6. The molecule has 0 unspecified atom stereocenters. The largest absolute Gasteiger partial charge is 0.348 e. The Morgan fingerprint density at radius 3 is 2.87 bits per heavy atom. The summed E-state index contributed by atoms with van der Waals surface area (Å²) >= 11 is 6.27. The first-order valence-corrected chi connectivity index (χ1v) is 8.05. The molecule has 2 aromatic heterocycles. The van der Waals surface area contributed by atoms with Gasteiger partial charge < -0.3 is 5.32 Å². The van der Waals surface area contributed by atoms with Gasteiger partial charge in [0.25, 0.3) is 5.91 Å². The highest BCUT2D eigenvalue weighted by atomic mass is 35.5. The number of pyridine rings is 1. The fraction of sp³-hybridized carbons (Fsp3) is 0.222. The Bertz CT molecular complexity index is 912. The lowest BCUT2D eigenvalue weighted by Crippen LogP contribution is -2.27. The molecule has 116 valence electrons. The molecule has 1 N–H and O–H groups in total.